The highest BCUT2D eigenvalue weighted by Crippen LogP contribution is 2.19. The van der Waals surface area contributed by atoms with Crippen LogP contribution in [-0.4, -0.2) is 24.9 Å². The smallest absolute Gasteiger partial charge is 0.252 e. The number of amides is 2. The molecule has 0 heterocycles. The van der Waals surface area contributed by atoms with Gasteiger partial charge in [0.05, 0.1) is 5.56 Å². The Morgan fingerprint density at radius 1 is 1.17 bits per heavy atom. The molecule has 4 nitrogen and oxygen atoms in total. The molecule has 0 aromatic heterocycles. The standard InChI is InChI=1S/C17H16BrClN2O2/c1-12(22)21(14-6-4-5-13(19)11-14)10-9-20-17(23)15-7-2-3-8-16(15)18/h2-8,11H,9-10H2,1H3,(H,20,23). The molecular formula is C17H16BrClN2O2. The van der Waals surface area contributed by atoms with Crippen molar-refractivity contribution in [3.63, 3.8) is 0 Å². The number of rotatable bonds is 5. The van der Waals surface area contributed by atoms with E-state index in [4.69, 9.17) is 11.6 Å². The van der Waals surface area contributed by atoms with Crippen molar-refractivity contribution < 1.29 is 9.59 Å². The first-order valence-corrected chi connectivity index (χ1v) is 8.22. The normalized spacial score (nSPS) is 10.2. The van der Waals surface area contributed by atoms with Crippen molar-refractivity contribution in [2.45, 2.75) is 6.92 Å². The fourth-order valence-corrected chi connectivity index (χ4v) is 2.78. The lowest BCUT2D eigenvalue weighted by Crippen LogP contribution is -2.37. The van der Waals surface area contributed by atoms with Gasteiger partial charge in [-0.3, -0.25) is 9.59 Å². The van der Waals surface area contributed by atoms with Gasteiger partial charge in [-0.15, -0.1) is 0 Å². The molecule has 0 saturated heterocycles. The SMILES string of the molecule is CC(=O)N(CCNC(=O)c1ccccc1Br)c1cccc(Cl)c1. The third kappa shape index (κ3) is 4.81. The Kier molecular flexibility index (Phi) is 6.19. The van der Waals surface area contributed by atoms with Crippen molar-refractivity contribution in [1.82, 2.24) is 5.32 Å². The molecule has 0 aliphatic rings. The molecule has 1 N–H and O–H groups in total. The van der Waals surface area contributed by atoms with Crippen LogP contribution in [0.15, 0.2) is 53.0 Å². The molecule has 0 fully saturated rings. The predicted molar refractivity (Wildman–Crippen MR) is 96.0 cm³/mol. The molecule has 0 radical (unpaired) electrons. The molecule has 2 aromatic carbocycles. The highest BCUT2D eigenvalue weighted by Gasteiger charge is 2.13. The van der Waals surface area contributed by atoms with Gasteiger partial charge in [0.1, 0.15) is 0 Å². The Bertz CT molecular complexity index is 721. The summed E-state index contributed by atoms with van der Waals surface area (Å²) in [6.45, 7) is 2.19. The van der Waals surface area contributed by atoms with E-state index in [2.05, 4.69) is 21.2 Å². The van der Waals surface area contributed by atoms with Gasteiger partial charge in [0.2, 0.25) is 5.91 Å². The van der Waals surface area contributed by atoms with Crippen LogP contribution in [0.3, 0.4) is 0 Å². The van der Waals surface area contributed by atoms with E-state index in [1.54, 1.807) is 35.2 Å². The first kappa shape index (κ1) is 17.5. The van der Waals surface area contributed by atoms with Gasteiger partial charge in [-0.2, -0.15) is 0 Å². The van der Waals surface area contributed by atoms with Crippen LogP contribution in [0.1, 0.15) is 17.3 Å². The zero-order chi connectivity index (χ0) is 16.8. The predicted octanol–water partition coefficient (Wildman–Crippen LogP) is 3.89. The number of carbonyl (C=O) groups excluding carboxylic acids is 2. The maximum atomic E-state index is 12.1. The van der Waals surface area contributed by atoms with Crippen LogP contribution in [-0.2, 0) is 4.79 Å². The van der Waals surface area contributed by atoms with Crippen molar-refractivity contribution in [1.29, 1.82) is 0 Å². The summed E-state index contributed by atoms with van der Waals surface area (Å²) in [5, 5.41) is 3.37. The number of benzene rings is 2. The molecule has 0 spiro atoms. The van der Waals surface area contributed by atoms with Crippen LogP contribution < -0.4 is 10.2 Å². The Hall–Kier alpha value is -1.85. The first-order chi connectivity index (χ1) is 11.0. The van der Waals surface area contributed by atoms with Gasteiger partial charge in [0, 0.05) is 35.2 Å². The lowest BCUT2D eigenvalue weighted by Gasteiger charge is -2.21. The van der Waals surface area contributed by atoms with E-state index in [-0.39, 0.29) is 11.8 Å². The number of anilines is 1. The maximum absolute atomic E-state index is 12.1. The third-order valence-corrected chi connectivity index (χ3v) is 4.17. The van der Waals surface area contributed by atoms with Crippen LogP contribution in [0.5, 0.6) is 0 Å². The van der Waals surface area contributed by atoms with Gasteiger partial charge in [-0.05, 0) is 46.3 Å². The lowest BCUT2D eigenvalue weighted by atomic mass is 10.2. The molecule has 2 aromatic rings. The summed E-state index contributed by atoms with van der Waals surface area (Å²) in [6.07, 6.45) is 0. The minimum atomic E-state index is -0.188. The molecule has 0 saturated carbocycles. The number of hydrogen-bond acceptors (Lipinski definition) is 2. The summed E-state index contributed by atoms with van der Waals surface area (Å²) in [7, 11) is 0. The van der Waals surface area contributed by atoms with E-state index >= 15 is 0 Å². The molecule has 120 valence electrons. The second-order valence-electron chi connectivity index (χ2n) is 4.89. The largest absolute Gasteiger partial charge is 0.350 e. The van der Waals surface area contributed by atoms with Gasteiger partial charge >= 0.3 is 0 Å². The zero-order valence-corrected chi connectivity index (χ0v) is 14.9. The number of nitrogens with one attached hydrogen (secondary N) is 1. The highest BCUT2D eigenvalue weighted by atomic mass is 79.9. The number of nitrogens with zero attached hydrogens (tertiary/aromatic N) is 1. The molecular weight excluding hydrogens is 380 g/mol. The summed E-state index contributed by atoms with van der Waals surface area (Å²) in [4.78, 5) is 25.5. The Labute approximate surface area is 148 Å². The van der Waals surface area contributed by atoms with E-state index in [0.717, 1.165) is 4.47 Å². The summed E-state index contributed by atoms with van der Waals surface area (Å²) in [5.74, 6) is -0.297. The fraction of sp³-hybridized carbons (Fsp3) is 0.176. The molecule has 0 atom stereocenters. The lowest BCUT2D eigenvalue weighted by molar-refractivity contribution is -0.116. The summed E-state index contributed by atoms with van der Waals surface area (Å²) >= 11 is 9.31. The summed E-state index contributed by atoms with van der Waals surface area (Å²) in [5.41, 5.74) is 1.27. The van der Waals surface area contributed by atoms with E-state index in [9.17, 15) is 9.59 Å². The second-order valence-corrected chi connectivity index (χ2v) is 6.18. The molecule has 0 unspecified atom stereocenters. The van der Waals surface area contributed by atoms with Gasteiger partial charge < -0.3 is 10.2 Å². The van der Waals surface area contributed by atoms with Crippen molar-refractivity contribution in [2.24, 2.45) is 0 Å². The van der Waals surface area contributed by atoms with Crippen LogP contribution in [0.2, 0.25) is 5.02 Å². The van der Waals surface area contributed by atoms with Crippen molar-refractivity contribution in [3.05, 3.63) is 63.6 Å². The summed E-state index contributed by atoms with van der Waals surface area (Å²) in [6, 6.07) is 14.2. The molecule has 0 bridgehead atoms. The Morgan fingerprint density at radius 3 is 2.57 bits per heavy atom. The van der Waals surface area contributed by atoms with Crippen LogP contribution >= 0.6 is 27.5 Å². The molecule has 0 aliphatic heterocycles. The Balaban J connectivity index is 1.99. The van der Waals surface area contributed by atoms with Crippen LogP contribution in [0.25, 0.3) is 0 Å². The van der Waals surface area contributed by atoms with E-state index < -0.39 is 0 Å². The second kappa shape index (κ2) is 8.13. The Morgan fingerprint density at radius 2 is 1.91 bits per heavy atom. The molecule has 2 amide bonds. The average molecular weight is 396 g/mol. The minimum Gasteiger partial charge on any atom is -0.350 e. The number of hydrogen-bond donors (Lipinski definition) is 1. The third-order valence-electron chi connectivity index (χ3n) is 3.24. The molecule has 2 rings (SSSR count). The number of halogens is 2. The van der Waals surface area contributed by atoms with Crippen LogP contribution in [0.4, 0.5) is 5.69 Å². The minimum absolute atomic E-state index is 0.109. The fourth-order valence-electron chi connectivity index (χ4n) is 2.13. The van der Waals surface area contributed by atoms with E-state index in [0.29, 0.717) is 29.4 Å². The first-order valence-electron chi connectivity index (χ1n) is 7.05. The van der Waals surface area contributed by atoms with Crippen molar-refractivity contribution in [2.75, 3.05) is 18.0 Å². The molecule has 23 heavy (non-hydrogen) atoms. The molecule has 0 aliphatic carbocycles. The van der Waals surface area contributed by atoms with Crippen molar-refractivity contribution >= 4 is 45.0 Å². The molecule has 6 heteroatoms. The van der Waals surface area contributed by atoms with E-state index in [1.807, 2.05) is 18.2 Å². The zero-order valence-electron chi connectivity index (χ0n) is 12.6. The number of carbonyl (C=O) groups is 2. The maximum Gasteiger partial charge on any atom is 0.252 e. The highest BCUT2D eigenvalue weighted by molar-refractivity contribution is 9.10. The van der Waals surface area contributed by atoms with Gasteiger partial charge in [-0.1, -0.05) is 29.8 Å². The van der Waals surface area contributed by atoms with E-state index in [1.165, 1.54) is 6.92 Å². The van der Waals surface area contributed by atoms with Gasteiger partial charge in [-0.25, -0.2) is 0 Å². The topological polar surface area (TPSA) is 49.4 Å². The van der Waals surface area contributed by atoms with Crippen LogP contribution in [0, 0.1) is 0 Å². The monoisotopic (exact) mass is 394 g/mol. The quantitative estimate of drug-likeness (QED) is 0.835. The average Bonchev–Trinajstić information content (AvgIpc) is 2.51. The summed E-state index contributed by atoms with van der Waals surface area (Å²) < 4.78 is 0.732. The van der Waals surface area contributed by atoms with Gasteiger partial charge in [0.15, 0.2) is 0 Å². The van der Waals surface area contributed by atoms with Gasteiger partial charge in [0.25, 0.3) is 5.91 Å². The van der Waals surface area contributed by atoms with Crippen molar-refractivity contribution in [3.8, 4) is 0 Å².